The molecule has 0 aliphatic heterocycles. The minimum absolute atomic E-state index is 0.244. The zero-order chi connectivity index (χ0) is 17.1. The van der Waals surface area contributed by atoms with Crippen LogP contribution in [0.2, 0.25) is 0 Å². The monoisotopic (exact) mass is 317 g/mol. The van der Waals surface area contributed by atoms with Crippen molar-refractivity contribution in [3.8, 4) is 0 Å². The van der Waals surface area contributed by atoms with Gasteiger partial charge in [-0.1, -0.05) is 0 Å². The molecule has 3 rings (SSSR count). The lowest BCUT2D eigenvalue weighted by molar-refractivity contribution is 1.01. The van der Waals surface area contributed by atoms with E-state index in [-0.39, 0.29) is 11.4 Å². The van der Waals surface area contributed by atoms with Gasteiger partial charge in [0, 0.05) is 30.4 Å². The summed E-state index contributed by atoms with van der Waals surface area (Å²) in [5.74, 6) is 0.244. The molecule has 0 saturated heterocycles. The molecule has 3 aromatic rings. The number of aryl methyl sites for hydroxylation is 1. The van der Waals surface area contributed by atoms with Crippen molar-refractivity contribution in [2.45, 2.75) is 6.92 Å². The van der Waals surface area contributed by atoms with Crippen LogP contribution in [-0.4, -0.2) is 29.9 Å². The quantitative estimate of drug-likeness (QED) is 0.421. The average molecular weight is 317 g/mol. The van der Waals surface area contributed by atoms with Crippen LogP contribution < -0.4 is 22.7 Å². The molecule has 3 heterocycles. The van der Waals surface area contributed by atoms with Crippen LogP contribution in [0.1, 0.15) is 5.56 Å². The smallest absolute Gasteiger partial charge is 0.346 e. The van der Waals surface area contributed by atoms with Crippen molar-refractivity contribution in [2.75, 3.05) is 5.73 Å². The van der Waals surface area contributed by atoms with Gasteiger partial charge in [-0.05, 0) is 19.1 Å². The molecule has 0 bridgehead atoms. The van der Waals surface area contributed by atoms with Crippen molar-refractivity contribution in [3.63, 3.8) is 0 Å². The number of rotatable bonds is 0. The Morgan fingerprint density at radius 3 is 2.13 bits per heavy atom. The maximum absolute atomic E-state index is 10.6. The van der Waals surface area contributed by atoms with Gasteiger partial charge in [0.25, 0.3) is 5.56 Å². The maximum atomic E-state index is 10.6. The van der Waals surface area contributed by atoms with Crippen molar-refractivity contribution in [2.24, 2.45) is 0 Å². The molecule has 5 N–H and O–H groups in total. The SMILES string of the molecule is Cc1c[nH]c(=O)[nH]c1=O.Nc1cc[nH]c(=O)n1.c1cncnc1. The average Bonchev–Trinajstić information content (AvgIpc) is 2.54. The predicted octanol–water partition coefficient (Wildman–Crippen LogP) is -0.800. The van der Waals surface area contributed by atoms with E-state index < -0.39 is 11.4 Å². The van der Waals surface area contributed by atoms with Crippen molar-refractivity contribution >= 4 is 5.82 Å². The fourth-order valence-corrected chi connectivity index (χ4v) is 1.12. The molecule has 23 heavy (non-hydrogen) atoms. The lowest BCUT2D eigenvalue weighted by Crippen LogP contribution is -2.22. The Balaban J connectivity index is 0.000000176. The molecule has 0 fully saturated rings. The fraction of sp³-hybridized carbons (Fsp3) is 0.0769. The topological polar surface area (TPSA) is 163 Å². The summed E-state index contributed by atoms with van der Waals surface area (Å²) in [4.78, 5) is 48.6. The van der Waals surface area contributed by atoms with Gasteiger partial charge in [-0.15, -0.1) is 0 Å². The normalized spacial score (nSPS) is 8.91. The first-order valence-corrected chi connectivity index (χ1v) is 6.29. The van der Waals surface area contributed by atoms with Gasteiger partial charge in [-0.2, -0.15) is 4.98 Å². The summed E-state index contributed by atoms with van der Waals surface area (Å²) < 4.78 is 0. The number of nitrogens with one attached hydrogen (secondary N) is 3. The number of nitrogens with two attached hydrogens (primary N) is 1. The zero-order valence-electron chi connectivity index (χ0n) is 12.2. The summed E-state index contributed by atoms with van der Waals surface area (Å²) in [6, 6.07) is 3.29. The number of nitrogens with zero attached hydrogens (tertiary/aromatic N) is 3. The van der Waals surface area contributed by atoms with Crippen molar-refractivity contribution in [1.82, 2.24) is 29.9 Å². The molecule has 0 saturated carbocycles. The molecule has 120 valence electrons. The molecule has 0 aliphatic carbocycles. The van der Waals surface area contributed by atoms with Crippen LogP contribution in [0.15, 0.2) is 57.6 Å². The Hall–Kier alpha value is -3.56. The molecule has 0 unspecified atom stereocenters. The van der Waals surface area contributed by atoms with E-state index in [1.807, 2.05) is 0 Å². The number of H-pyrrole nitrogens is 3. The predicted molar refractivity (Wildman–Crippen MR) is 83.7 cm³/mol. The summed E-state index contributed by atoms with van der Waals surface area (Å²) >= 11 is 0. The highest BCUT2D eigenvalue weighted by atomic mass is 16.2. The van der Waals surface area contributed by atoms with E-state index in [0.717, 1.165) is 0 Å². The number of hydrogen-bond donors (Lipinski definition) is 4. The van der Waals surface area contributed by atoms with Crippen LogP contribution in [0, 0.1) is 6.92 Å². The Morgan fingerprint density at radius 2 is 1.78 bits per heavy atom. The highest BCUT2D eigenvalue weighted by Gasteiger charge is 1.88. The third-order valence-corrected chi connectivity index (χ3v) is 2.17. The van der Waals surface area contributed by atoms with Crippen molar-refractivity contribution < 1.29 is 0 Å². The van der Waals surface area contributed by atoms with Crippen LogP contribution in [0.4, 0.5) is 5.82 Å². The molecule has 10 nitrogen and oxygen atoms in total. The van der Waals surface area contributed by atoms with E-state index in [0.29, 0.717) is 5.56 Å². The Labute approximate surface area is 129 Å². The van der Waals surface area contributed by atoms with Crippen molar-refractivity contribution in [1.29, 1.82) is 0 Å². The van der Waals surface area contributed by atoms with E-state index >= 15 is 0 Å². The maximum Gasteiger partial charge on any atom is 0.346 e. The number of hydrogen-bond acceptors (Lipinski definition) is 7. The molecule has 10 heteroatoms. The fourth-order valence-electron chi connectivity index (χ4n) is 1.12. The van der Waals surface area contributed by atoms with Crippen LogP contribution >= 0.6 is 0 Å². The Bertz CT molecular complexity index is 844. The van der Waals surface area contributed by atoms with Crippen LogP contribution in [0.3, 0.4) is 0 Å². The molecule has 0 spiro atoms. The van der Waals surface area contributed by atoms with Gasteiger partial charge in [0.05, 0.1) is 0 Å². The number of nitrogen functional groups attached to an aromatic ring is 1. The Kier molecular flexibility index (Phi) is 7.14. The van der Waals surface area contributed by atoms with Gasteiger partial charge in [0.2, 0.25) is 0 Å². The minimum atomic E-state index is -0.467. The second-order valence-corrected chi connectivity index (χ2v) is 3.98. The highest BCUT2D eigenvalue weighted by Crippen LogP contribution is 1.82. The van der Waals surface area contributed by atoms with Gasteiger partial charge in [0.1, 0.15) is 12.1 Å². The van der Waals surface area contributed by atoms with Gasteiger partial charge < -0.3 is 15.7 Å². The first kappa shape index (κ1) is 17.5. The van der Waals surface area contributed by atoms with Crippen molar-refractivity contribution in [3.05, 3.63) is 80.1 Å². The molecule has 0 amide bonds. The summed E-state index contributed by atoms with van der Waals surface area (Å²) in [6.07, 6.45) is 7.70. The largest absolute Gasteiger partial charge is 0.383 e. The van der Waals surface area contributed by atoms with Crippen LogP contribution in [-0.2, 0) is 0 Å². The molecular formula is C13H15N7O3. The van der Waals surface area contributed by atoms with Gasteiger partial charge in [-0.3, -0.25) is 9.78 Å². The molecular weight excluding hydrogens is 302 g/mol. The number of anilines is 1. The Morgan fingerprint density at radius 1 is 1.09 bits per heavy atom. The molecule has 0 aromatic carbocycles. The lowest BCUT2D eigenvalue weighted by Gasteiger charge is -1.84. The summed E-state index contributed by atoms with van der Waals surface area (Å²) in [5.41, 5.74) is 4.42. The molecule has 0 atom stereocenters. The van der Waals surface area contributed by atoms with Crippen LogP contribution in [0.5, 0.6) is 0 Å². The number of aromatic amines is 3. The highest BCUT2D eigenvalue weighted by molar-refractivity contribution is 5.22. The van der Waals surface area contributed by atoms with E-state index in [1.165, 1.54) is 24.8 Å². The standard InChI is InChI=1S/C5H6N2O2.C4H5N3O.C4H4N2/c1-3-2-6-5(9)7-4(3)8;5-3-1-2-6-4(8)7-3;1-2-5-4-6-3-1/h2H,1H3,(H2,6,7,8,9);1-2H,(H3,5,6,7,8);1-4H. The molecule has 3 aromatic heterocycles. The van der Waals surface area contributed by atoms with Gasteiger partial charge >= 0.3 is 11.4 Å². The van der Waals surface area contributed by atoms with E-state index in [2.05, 4.69) is 29.9 Å². The first-order valence-electron chi connectivity index (χ1n) is 6.29. The third kappa shape index (κ3) is 7.70. The third-order valence-electron chi connectivity index (χ3n) is 2.17. The van der Waals surface area contributed by atoms with Gasteiger partial charge in [0.15, 0.2) is 0 Å². The summed E-state index contributed by atoms with van der Waals surface area (Å²) in [6.45, 7) is 1.62. The molecule has 0 radical (unpaired) electrons. The first-order chi connectivity index (χ1) is 11.0. The minimum Gasteiger partial charge on any atom is -0.383 e. The molecule has 0 aliphatic rings. The van der Waals surface area contributed by atoms with E-state index in [1.54, 1.807) is 25.4 Å². The van der Waals surface area contributed by atoms with Gasteiger partial charge in [-0.25, -0.2) is 19.6 Å². The summed E-state index contributed by atoms with van der Waals surface area (Å²) in [7, 11) is 0. The number of aromatic nitrogens is 6. The van der Waals surface area contributed by atoms with E-state index in [4.69, 9.17) is 5.73 Å². The second kappa shape index (κ2) is 9.39. The van der Waals surface area contributed by atoms with E-state index in [9.17, 15) is 14.4 Å². The second-order valence-electron chi connectivity index (χ2n) is 3.98. The zero-order valence-corrected chi connectivity index (χ0v) is 12.2. The summed E-state index contributed by atoms with van der Waals surface area (Å²) in [5, 5.41) is 0. The van der Waals surface area contributed by atoms with Crippen LogP contribution in [0.25, 0.3) is 0 Å². The lowest BCUT2D eigenvalue weighted by atomic mass is 10.4.